The molecule has 0 radical (unpaired) electrons. The van der Waals surface area contributed by atoms with Crippen molar-refractivity contribution < 1.29 is 9.47 Å². The van der Waals surface area contributed by atoms with E-state index in [1.165, 1.54) is 9.13 Å². The summed E-state index contributed by atoms with van der Waals surface area (Å²) in [6.07, 6.45) is 4.68. The Hall–Kier alpha value is -2.76. The molecule has 0 spiro atoms. The second kappa shape index (κ2) is 5.32. The molecule has 1 aromatic carbocycles. The summed E-state index contributed by atoms with van der Waals surface area (Å²) < 4.78 is 13.5. The van der Waals surface area contributed by atoms with Crippen LogP contribution >= 0.6 is 0 Å². The van der Waals surface area contributed by atoms with E-state index in [1.54, 1.807) is 36.7 Å². The van der Waals surface area contributed by atoms with Gasteiger partial charge in [-0.2, -0.15) is 0 Å². The average Bonchev–Trinajstić information content (AvgIpc) is 2.52. The van der Waals surface area contributed by atoms with Gasteiger partial charge in [0.1, 0.15) is 13.2 Å². The van der Waals surface area contributed by atoms with Gasteiger partial charge in [0.2, 0.25) is 0 Å². The van der Waals surface area contributed by atoms with E-state index in [1.807, 2.05) is 0 Å². The van der Waals surface area contributed by atoms with Crippen LogP contribution in [-0.4, -0.2) is 22.3 Å². The Morgan fingerprint density at radius 2 is 1.86 bits per heavy atom. The predicted molar refractivity (Wildman–Crippen MR) is 77.5 cm³/mol. The SMILES string of the molecule is C=CCn1ccn(-c2ccc3c(c2)OCCO3)c(=O)c1=O. The minimum atomic E-state index is -0.615. The number of allylic oxidation sites excluding steroid dienone is 1. The molecule has 0 N–H and O–H groups in total. The van der Waals surface area contributed by atoms with Crippen molar-refractivity contribution in [2.24, 2.45) is 0 Å². The van der Waals surface area contributed by atoms with Gasteiger partial charge in [-0.05, 0) is 12.1 Å². The molecular weight excluding hydrogens is 272 g/mol. The molecule has 6 heteroatoms. The first kappa shape index (κ1) is 13.2. The van der Waals surface area contributed by atoms with Crippen molar-refractivity contribution in [2.45, 2.75) is 6.54 Å². The Labute approximate surface area is 120 Å². The third kappa shape index (κ3) is 2.35. The topological polar surface area (TPSA) is 62.5 Å². The lowest BCUT2D eigenvalue weighted by atomic mass is 10.2. The minimum absolute atomic E-state index is 0.302. The fourth-order valence-electron chi connectivity index (χ4n) is 2.18. The van der Waals surface area contributed by atoms with E-state index < -0.39 is 11.1 Å². The molecule has 2 aromatic rings. The fourth-order valence-corrected chi connectivity index (χ4v) is 2.18. The first-order valence-electron chi connectivity index (χ1n) is 6.54. The molecule has 0 bridgehead atoms. The number of ether oxygens (including phenoxy) is 2. The van der Waals surface area contributed by atoms with Gasteiger partial charge in [0, 0.05) is 25.0 Å². The van der Waals surface area contributed by atoms with Crippen molar-refractivity contribution >= 4 is 0 Å². The first-order chi connectivity index (χ1) is 10.2. The lowest BCUT2D eigenvalue weighted by Gasteiger charge is -2.19. The molecule has 0 saturated heterocycles. The maximum atomic E-state index is 12.2. The van der Waals surface area contributed by atoms with E-state index in [2.05, 4.69) is 6.58 Å². The Kier molecular flexibility index (Phi) is 3.35. The van der Waals surface area contributed by atoms with Crippen LogP contribution in [0.25, 0.3) is 5.69 Å². The van der Waals surface area contributed by atoms with Crippen LogP contribution in [0.3, 0.4) is 0 Å². The summed E-state index contributed by atoms with van der Waals surface area (Å²) in [7, 11) is 0. The highest BCUT2D eigenvalue weighted by Gasteiger charge is 2.13. The van der Waals surface area contributed by atoms with Crippen LogP contribution < -0.4 is 20.6 Å². The number of hydrogen-bond donors (Lipinski definition) is 0. The minimum Gasteiger partial charge on any atom is -0.486 e. The first-order valence-corrected chi connectivity index (χ1v) is 6.54. The van der Waals surface area contributed by atoms with E-state index in [4.69, 9.17) is 9.47 Å². The molecule has 0 amide bonds. The number of aromatic nitrogens is 2. The molecule has 3 rings (SSSR count). The van der Waals surface area contributed by atoms with Gasteiger partial charge < -0.3 is 14.0 Å². The molecule has 0 atom stereocenters. The number of hydrogen-bond acceptors (Lipinski definition) is 4. The molecular formula is C15H14N2O4. The van der Waals surface area contributed by atoms with Crippen molar-refractivity contribution in [2.75, 3.05) is 13.2 Å². The summed E-state index contributed by atoms with van der Waals surface area (Å²) in [4.78, 5) is 24.1. The molecule has 0 aliphatic carbocycles. The van der Waals surface area contributed by atoms with Crippen LogP contribution in [0.1, 0.15) is 0 Å². The van der Waals surface area contributed by atoms with E-state index in [-0.39, 0.29) is 0 Å². The zero-order chi connectivity index (χ0) is 14.8. The molecule has 0 unspecified atom stereocenters. The maximum Gasteiger partial charge on any atom is 0.320 e. The standard InChI is InChI=1S/C15H14N2O4/c1-2-5-16-6-7-17(15(19)14(16)18)11-3-4-12-13(10-11)21-9-8-20-12/h2-4,6-7,10H,1,5,8-9H2. The zero-order valence-electron chi connectivity index (χ0n) is 11.3. The lowest BCUT2D eigenvalue weighted by molar-refractivity contribution is 0.171. The maximum absolute atomic E-state index is 12.2. The van der Waals surface area contributed by atoms with E-state index in [0.29, 0.717) is 36.9 Å². The van der Waals surface area contributed by atoms with Gasteiger partial charge in [-0.3, -0.25) is 14.2 Å². The van der Waals surface area contributed by atoms with Crippen molar-refractivity contribution in [1.82, 2.24) is 9.13 Å². The molecule has 0 saturated carbocycles. The number of nitrogens with zero attached hydrogens (tertiary/aromatic N) is 2. The molecule has 21 heavy (non-hydrogen) atoms. The molecule has 2 heterocycles. The average molecular weight is 286 g/mol. The van der Waals surface area contributed by atoms with Crippen molar-refractivity contribution in [3.63, 3.8) is 0 Å². The van der Waals surface area contributed by atoms with E-state index >= 15 is 0 Å². The molecule has 1 aromatic heterocycles. The third-order valence-electron chi connectivity index (χ3n) is 3.19. The zero-order valence-corrected chi connectivity index (χ0v) is 11.3. The van der Waals surface area contributed by atoms with Crippen LogP contribution in [-0.2, 0) is 6.54 Å². The van der Waals surface area contributed by atoms with E-state index in [9.17, 15) is 9.59 Å². The summed E-state index contributed by atoms with van der Waals surface area (Å²) >= 11 is 0. The largest absolute Gasteiger partial charge is 0.486 e. The van der Waals surface area contributed by atoms with Crippen LogP contribution in [0.15, 0.2) is 52.8 Å². The molecule has 0 fully saturated rings. The second-order valence-electron chi connectivity index (χ2n) is 4.55. The highest BCUT2D eigenvalue weighted by atomic mass is 16.6. The molecule has 6 nitrogen and oxygen atoms in total. The van der Waals surface area contributed by atoms with Gasteiger partial charge >= 0.3 is 11.1 Å². The quantitative estimate of drug-likeness (QED) is 0.623. The summed E-state index contributed by atoms with van der Waals surface area (Å²) in [6, 6.07) is 5.13. The molecule has 1 aliphatic heterocycles. The fraction of sp³-hybridized carbons (Fsp3) is 0.200. The highest BCUT2D eigenvalue weighted by molar-refractivity contribution is 5.49. The number of fused-ring (bicyclic) bond motifs is 1. The van der Waals surface area contributed by atoms with Crippen molar-refractivity contribution in [1.29, 1.82) is 0 Å². The van der Waals surface area contributed by atoms with Crippen molar-refractivity contribution in [3.05, 3.63) is 64.0 Å². The lowest BCUT2D eigenvalue weighted by Crippen LogP contribution is -2.39. The van der Waals surface area contributed by atoms with Crippen LogP contribution in [0.4, 0.5) is 0 Å². The number of benzene rings is 1. The monoisotopic (exact) mass is 286 g/mol. The van der Waals surface area contributed by atoms with Crippen LogP contribution in [0.5, 0.6) is 11.5 Å². The third-order valence-corrected chi connectivity index (χ3v) is 3.19. The Morgan fingerprint density at radius 3 is 2.62 bits per heavy atom. The van der Waals surface area contributed by atoms with E-state index in [0.717, 1.165) is 0 Å². The normalized spacial score (nSPS) is 13.0. The smallest absolute Gasteiger partial charge is 0.320 e. The van der Waals surface area contributed by atoms with Gasteiger partial charge in [-0.1, -0.05) is 6.08 Å². The predicted octanol–water partition coefficient (Wildman–Crippen LogP) is 0.956. The Morgan fingerprint density at radius 1 is 1.10 bits per heavy atom. The second-order valence-corrected chi connectivity index (χ2v) is 4.55. The Bertz CT molecular complexity index is 804. The summed E-state index contributed by atoms with van der Waals surface area (Å²) in [5.41, 5.74) is -0.643. The summed E-state index contributed by atoms with van der Waals surface area (Å²) in [5, 5.41) is 0. The van der Waals surface area contributed by atoms with Gasteiger partial charge in [0.05, 0.1) is 5.69 Å². The highest BCUT2D eigenvalue weighted by Crippen LogP contribution is 2.31. The van der Waals surface area contributed by atoms with Gasteiger partial charge in [0.25, 0.3) is 0 Å². The molecule has 108 valence electrons. The number of rotatable bonds is 3. The summed E-state index contributed by atoms with van der Waals surface area (Å²) in [6.45, 7) is 4.83. The van der Waals surface area contributed by atoms with Gasteiger partial charge in [0.15, 0.2) is 11.5 Å². The van der Waals surface area contributed by atoms with Gasteiger partial charge in [-0.25, -0.2) is 0 Å². The molecule has 1 aliphatic rings. The summed E-state index contributed by atoms with van der Waals surface area (Å²) in [5.74, 6) is 1.21. The van der Waals surface area contributed by atoms with Crippen molar-refractivity contribution in [3.8, 4) is 17.2 Å². The van der Waals surface area contributed by atoms with Crippen LogP contribution in [0.2, 0.25) is 0 Å². The van der Waals surface area contributed by atoms with Gasteiger partial charge in [-0.15, -0.1) is 6.58 Å². The Balaban J connectivity index is 2.09. The van der Waals surface area contributed by atoms with Crippen LogP contribution in [0, 0.1) is 0 Å².